The van der Waals surface area contributed by atoms with Gasteiger partial charge < -0.3 is 9.51 Å². The van der Waals surface area contributed by atoms with Gasteiger partial charge in [-0.1, -0.05) is 13.0 Å². The molecule has 0 bridgehead atoms. The standard InChI is InChI=1S/C14H17N5O/c1-2-6-19-14(15-10-16-19)8-12(20)11-9-18-7-4-3-5-13(18)17-11/h3-5,7,9-10,12,20H,2,6,8H2,1H3. The van der Waals surface area contributed by atoms with E-state index < -0.39 is 6.10 Å². The van der Waals surface area contributed by atoms with Gasteiger partial charge >= 0.3 is 0 Å². The van der Waals surface area contributed by atoms with Crippen molar-refractivity contribution in [3.8, 4) is 0 Å². The van der Waals surface area contributed by atoms with Crippen LogP contribution in [0.1, 0.15) is 31.0 Å². The lowest BCUT2D eigenvalue weighted by atomic mass is 10.2. The summed E-state index contributed by atoms with van der Waals surface area (Å²) in [4.78, 5) is 8.64. The van der Waals surface area contributed by atoms with Crippen LogP contribution in [0.4, 0.5) is 0 Å². The van der Waals surface area contributed by atoms with Crippen molar-refractivity contribution in [1.82, 2.24) is 24.1 Å². The van der Waals surface area contributed by atoms with Gasteiger partial charge in [-0.2, -0.15) is 5.10 Å². The van der Waals surface area contributed by atoms with E-state index in [-0.39, 0.29) is 0 Å². The van der Waals surface area contributed by atoms with Crippen molar-refractivity contribution in [3.63, 3.8) is 0 Å². The molecule has 0 radical (unpaired) electrons. The SMILES string of the molecule is CCCn1ncnc1CC(O)c1cn2ccccc2n1. The maximum absolute atomic E-state index is 10.3. The molecular formula is C14H17N5O. The lowest BCUT2D eigenvalue weighted by Gasteiger charge is -2.08. The fraction of sp³-hybridized carbons (Fsp3) is 0.357. The second-order valence-corrected chi connectivity index (χ2v) is 4.75. The summed E-state index contributed by atoms with van der Waals surface area (Å²) in [5, 5.41) is 14.5. The molecule has 6 heteroatoms. The van der Waals surface area contributed by atoms with E-state index in [4.69, 9.17) is 0 Å². The molecule has 1 N–H and O–H groups in total. The van der Waals surface area contributed by atoms with Gasteiger partial charge in [-0.3, -0.25) is 4.68 Å². The van der Waals surface area contributed by atoms with Crippen LogP contribution in [0.5, 0.6) is 0 Å². The average Bonchev–Trinajstić information content (AvgIpc) is 3.06. The molecule has 0 aliphatic heterocycles. The molecule has 3 aromatic heterocycles. The molecule has 0 saturated carbocycles. The van der Waals surface area contributed by atoms with Crippen molar-refractivity contribution < 1.29 is 5.11 Å². The Morgan fingerprint density at radius 1 is 1.35 bits per heavy atom. The first-order chi connectivity index (χ1) is 9.78. The molecule has 0 amide bonds. The minimum atomic E-state index is -0.672. The predicted molar refractivity (Wildman–Crippen MR) is 74.2 cm³/mol. The Morgan fingerprint density at radius 3 is 3.05 bits per heavy atom. The molecule has 1 unspecified atom stereocenters. The summed E-state index contributed by atoms with van der Waals surface area (Å²) in [6, 6.07) is 5.77. The Balaban J connectivity index is 1.81. The van der Waals surface area contributed by atoms with E-state index >= 15 is 0 Å². The zero-order valence-electron chi connectivity index (χ0n) is 11.3. The highest BCUT2D eigenvalue weighted by Gasteiger charge is 2.16. The number of aromatic nitrogens is 5. The monoisotopic (exact) mass is 271 g/mol. The van der Waals surface area contributed by atoms with Crippen LogP contribution in [0.3, 0.4) is 0 Å². The number of hydrogen-bond acceptors (Lipinski definition) is 4. The second-order valence-electron chi connectivity index (χ2n) is 4.75. The van der Waals surface area contributed by atoms with E-state index in [1.54, 1.807) is 0 Å². The molecule has 3 aromatic rings. The Morgan fingerprint density at radius 2 is 2.25 bits per heavy atom. The van der Waals surface area contributed by atoms with E-state index in [1.807, 2.05) is 39.7 Å². The van der Waals surface area contributed by atoms with Crippen molar-refractivity contribution in [2.24, 2.45) is 0 Å². The van der Waals surface area contributed by atoms with Gasteiger partial charge in [0.2, 0.25) is 0 Å². The van der Waals surface area contributed by atoms with Gasteiger partial charge in [0.1, 0.15) is 23.9 Å². The van der Waals surface area contributed by atoms with Crippen LogP contribution in [-0.2, 0) is 13.0 Å². The Hall–Kier alpha value is -2.21. The lowest BCUT2D eigenvalue weighted by Crippen LogP contribution is -2.10. The van der Waals surface area contributed by atoms with E-state index in [2.05, 4.69) is 22.0 Å². The third-order valence-corrected chi connectivity index (χ3v) is 3.23. The highest BCUT2D eigenvalue weighted by molar-refractivity contribution is 5.39. The number of aryl methyl sites for hydroxylation is 1. The van der Waals surface area contributed by atoms with Gasteiger partial charge in [-0.15, -0.1) is 0 Å². The number of nitrogens with zero attached hydrogens (tertiary/aromatic N) is 5. The zero-order valence-corrected chi connectivity index (χ0v) is 11.3. The highest BCUT2D eigenvalue weighted by atomic mass is 16.3. The highest BCUT2D eigenvalue weighted by Crippen LogP contribution is 2.17. The van der Waals surface area contributed by atoms with Crippen LogP contribution in [0.2, 0.25) is 0 Å². The molecule has 0 saturated heterocycles. The number of rotatable bonds is 5. The van der Waals surface area contributed by atoms with Gasteiger partial charge in [-0.25, -0.2) is 9.97 Å². The summed E-state index contributed by atoms with van der Waals surface area (Å²) in [7, 11) is 0. The first-order valence-electron chi connectivity index (χ1n) is 6.76. The molecule has 0 aliphatic rings. The van der Waals surface area contributed by atoms with Crippen LogP contribution < -0.4 is 0 Å². The summed E-state index contributed by atoms with van der Waals surface area (Å²) in [5.41, 5.74) is 1.49. The molecule has 0 aliphatic carbocycles. The van der Waals surface area contributed by atoms with Gasteiger partial charge in [-0.05, 0) is 18.6 Å². The Bertz CT molecular complexity index is 669. The number of hydrogen-bond donors (Lipinski definition) is 1. The first-order valence-corrected chi connectivity index (χ1v) is 6.76. The van der Waals surface area contributed by atoms with Crippen LogP contribution in [0.15, 0.2) is 36.9 Å². The number of aliphatic hydroxyl groups is 1. The molecule has 0 spiro atoms. The fourth-order valence-electron chi connectivity index (χ4n) is 2.24. The van der Waals surface area contributed by atoms with E-state index in [0.717, 1.165) is 24.4 Å². The maximum Gasteiger partial charge on any atom is 0.138 e. The average molecular weight is 271 g/mol. The quantitative estimate of drug-likeness (QED) is 0.765. The molecule has 20 heavy (non-hydrogen) atoms. The molecule has 0 aromatic carbocycles. The topological polar surface area (TPSA) is 68.2 Å². The van der Waals surface area contributed by atoms with Gasteiger partial charge in [0.15, 0.2) is 0 Å². The second kappa shape index (κ2) is 5.42. The molecule has 3 heterocycles. The van der Waals surface area contributed by atoms with Crippen molar-refractivity contribution >= 4 is 5.65 Å². The summed E-state index contributed by atoms with van der Waals surface area (Å²) in [6.07, 6.45) is 6.03. The van der Waals surface area contributed by atoms with Gasteiger partial charge in [0.25, 0.3) is 0 Å². The summed E-state index contributed by atoms with van der Waals surface area (Å²) in [5.74, 6) is 0.788. The van der Waals surface area contributed by atoms with Crippen molar-refractivity contribution in [3.05, 3.63) is 48.4 Å². The summed E-state index contributed by atoms with van der Waals surface area (Å²) in [6.45, 7) is 2.90. The van der Waals surface area contributed by atoms with Gasteiger partial charge in [0.05, 0.1) is 5.69 Å². The van der Waals surface area contributed by atoms with Crippen LogP contribution in [-0.4, -0.2) is 29.3 Å². The van der Waals surface area contributed by atoms with Crippen molar-refractivity contribution in [2.75, 3.05) is 0 Å². The van der Waals surface area contributed by atoms with Crippen LogP contribution >= 0.6 is 0 Å². The normalized spacial score (nSPS) is 12.9. The van der Waals surface area contributed by atoms with E-state index in [9.17, 15) is 5.11 Å². The Labute approximate surface area is 116 Å². The first kappa shape index (κ1) is 12.8. The third-order valence-electron chi connectivity index (χ3n) is 3.23. The minimum absolute atomic E-state index is 0.421. The molecule has 104 valence electrons. The molecule has 3 rings (SSSR count). The van der Waals surface area contributed by atoms with Crippen LogP contribution in [0.25, 0.3) is 5.65 Å². The molecule has 6 nitrogen and oxygen atoms in total. The maximum atomic E-state index is 10.3. The predicted octanol–water partition coefficient (Wildman–Crippen LogP) is 1.61. The molecule has 1 atom stereocenters. The number of pyridine rings is 1. The smallest absolute Gasteiger partial charge is 0.138 e. The Kier molecular flexibility index (Phi) is 3.47. The minimum Gasteiger partial charge on any atom is -0.386 e. The van der Waals surface area contributed by atoms with Crippen molar-refractivity contribution in [2.45, 2.75) is 32.4 Å². The molecule has 0 fully saturated rings. The number of fused-ring (bicyclic) bond motifs is 1. The van der Waals surface area contributed by atoms with E-state index in [1.165, 1.54) is 6.33 Å². The van der Waals surface area contributed by atoms with E-state index in [0.29, 0.717) is 12.1 Å². The lowest BCUT2D eigenvalue weighted by molar-refractivity contribution is 0.169. The third kappa shape index (κ3) is 2.42. The number of aliphatic hydroxyl groups excluding tert-OH is 1. The number of imidazole rings is 1. The van der Waals surface area contributed by atoms with Crippen LogP contribution in [0, 0.1) is 0 Å². The summed E-state index contributed by atoms with van der Waals surface area (Å²) < 4.78 is 3.73. The zero-order chi connectivity index (χ0) is 13.9. The largest absolute Gasteiger partial charge is 0.386 e. The van der Waals surface area contributed by atoms with Crippen molar-refractivity contribution in [1.29, 1.82) is 0 Å². The fourth-order valence-corrected chi connectivity index (χ4v) is 2.24. The summed E-state index contributed by atoms with van der Waals surface area (Å²) >= 11 is 0. The molecular weight excluding hydrogens is 254 g/mol. The van der Waals surface area contributed by atoms with Gasteiger partial charge in [0, 0.05) is 25.4 Å².